The van der Waals surface area contributed by atoms with Gasteiger partial charge in [-0.05, 0) is 31.0 Å². The molecule has 1 aliphatic heterocycles. The van der Waals surface area contributed by atoms with Crippen molar-refractivity contribution in [1.82, 2.24) is 4.90 Å². The number of carbonyl (C=O) groups excluding carboxylic acids is 1. The molecular weight excluding hydrogens is 297 g/mol. The normalized spacial score (nSPS) is 22.4. The second kappa shape index (κ2) is 6.43. The third-order valence-corrected chi connectivity index (χ3v) is 4.00. The van der Waals surface area contributed by atoms with Crippen LogP contribution >= 0.6 is 11.6 Å². The molecule has 1 saturated heterocycles. The van der Waals surface area contributed by atoms with E-state index in [0.29, 0.717) is 18.0 Å². The monoisotopic (exact) mass is 313 g/mol. The number of carboxylic acids is 1. The second-order valence-electron chi connectivity index (χ2n) is 5.18. The maximum Gasteiger partial charge on any atom is 0.308 e. The molecule has 1 fully saturated rings. The van der Waals surface area contributed by atoms with Crippen molar-refractivity contribution in [3.8, 4) is 0 Å². The minimum atomic E-state index is -1.02. The summed E-state index contributed by atoms with van der Waals surface area (Å²) in [6, 6.07) is 3.23. The Balaban J connectivity index is 2.51. The molecule has 1 aliphatic rings. The van der Waals surface area contributed by atoms with Crippen molar-refractivity contribution in [2.24, 2.45) is 5.92 Å². The number of carbonyl (C=O) groups is 2. The SMILES string of the molecule is CCCN1C(=O)CCC(C(=O)O)C1c1cc(Cl)ccc1F. The standard InChI is InChI=1S/C15H17ClFNO3/c1-2-7-18-13(19)6-4-10(15(20)21)14(18)11-8-9(16)3-5-12(11)17/h3,5,8,10,14H,2,4,6-7H2,1H3,(H,20,21). The van der Waals surface area contributed by atoms with Crippen LogP contribution < -0.4 is 0 Å². The van der Waals surface area contributed by atoms with E-state index >= 15 is 0 Å². The summed E-state index contributed by atoms with van der Waals surface area (Å²) < 4.78 is 14.1. The smallest absolute Gasteiger partial charge is 0.308 e. The van der Waals surface area contributed by atoms with Gasteiger partial charge in [0.05, 0.1) is 12.0 Å². The van der Waals surface area contributed by atoms with Crippen LogP contribution in [0.3, 0.4) is 0 Å². The number of hydrogen-bond acceptors (Lipinski definition) is 2. The first kappa shape index (κ1) is 15.8. The topological polar surface area (TPSA) is 57.6 Å². The number of benzene rings is 1. The Hall–Kier alpha value is -1.62. The maximum absolute atomic E-state index is 14.1. The number of carboxylic acid groups (broad SMARTS) is 1. The van der Waals surface area contributed by atoms with E-state index < -0.39 is 23.7 Å². The molecule has 0 saturated carbocycles. The molecule has 6 heteroatoms. The minimum Gasteiger partial charge on any atom is -0.481 e. The predicted molar refractivity (Wildman–Crippen MR) is 76.5 cm³/mol. The summed E-state index contributed by atoms with van der Waals surface area (Å²) in [7, 11) is 0. The second-order valence-corrected chi connectivity index (χ2v) is 5.62. The minimum absolute atomic E-state index is 0.140. The number of nitrogens with zero attached hydrogens (tertiary/aromatic N) is 1. The average molecular weight is 314 g/mol. The van der Waals surface area contributed by atoms with E-state index in [-0.39, 0.29) is 24.3 Å². The molecule has 1 aromatic rings. The molecule has 2 atom stereocenters. The Morgan fingerprint density at radius 1 is 1.52 bits per heavy atom. The molecule has 1 N–H and O–H groups in total. The van der Waals surface area contributed by atoms with Crippen molar-refractivity contribution in [2.45, 2.75) is 32.2 Å². The van der Waals surface area contributed by atoms with Gasteiger partial charge in [0.15, 0.2) is 0 Å². The molecule has 0 spiro atoms. The molecule has 21 heavy (non-hydrogen) atoms. The number of amides is 1. The zero-order chi connectivity index (χ0) is 15.6. The molecule has 0 radical (unpaired) electrons. The Kier molecular flexibility index (Phi) is 4.83. The number of likely N-dealkylation sites (tertiary alicyclic amines) is 1. The molecule has 0 aromatic heterocycles. The molecule has 114 valence electrons. The van der Waals surface area contributed by atoms with E-state index in [1.165, 1.54) is 23.1 Å². The summed E-state index contributed by atoms with van der Waals surface area (Å²) in [6.07, 6.45) is 1.07. The summed E-state index contributed by atoms with van der Waals surface area (Å²) in [5, 5.41) is 9.73. The molecule has 0 bridgehead atoms. The van der Waals surface area contributed by atoms with E-state index in [9.17, 15) is 19.1 Å². The van der Waals surface area contributed by atoms with Gasteiger partial charge in [0.1, 0.15) is 5.82 Å². The van der Waals surface area contributed by atoms with E-state index in [4.69, 9.17) is 11.6 Å². The van der Waals surface area contributed by atoms with Crippen molar-refractivity contribution in [2.75, 3.05) is 6.54 Å². The summed E-state index contributed by atoms with van der Waals surface area (Å²) >= 11 is 5.91. The summed E-state index contributed by atoms with van der Waals surface area (Å²) in [5.41, 5.74) is 0.177. The van der Waals surface area contributed by atoms with Gasteiger partial charge in [0.25, 0.3) is 0 Å². The Morgan fingerprint density at radius 2 is 2.24 bits per heavy atom. The van der Waals surface area contributed by atoms with Crippen molar-refractivity contribution >= 4 is 23.5 Å². The van der Waals surface area contributed by atoms with E-state index in [1.54, 1.807) is 0 Å². The first-order chi connectivity index (χ1) is 9.95. The van der Waals surface area contributed by atoms with Crippen LogP contribution in [0.1, 0.15) is 37.8 Å². The summed E-state index contributed by atoms with van der Waals surface area (Å²) in [5.74, 6) is -2.51. The van der Waals surface area contributed by atoms with Gasteiger partial charge in [-0.1, -0.05) is 18.5 Å². The third-order valence-electron chi connectivity index (χ3n) is 3.76. The summed E-state index contributed by atoms with van der Waals surface area (Å²) in [6.45, 7) is 2.29. The van der Waals surface area contributed by atoms with Crippen LogP contribution in [-0.4, -0.2) is 28.4 Å². The predicted octanol–water partition coefficient (Wildman–Crippen LogP) is 3.25. The highest BCUT2D eigenvalue weighted by Gasteiger charge is 2.41. The van der Waals surface area contributed by atoms with Crippen molar-refractivity contribution < 1.29 is 19.1 Å². The summed E-state index contributed by atoms with van der Waals surface area (Å²) in [4.78, 5) is 25.1. The van der Waals surface area contributed by atoms with E-state index in [1.807, 2.05) is 6.92 Å². The number of hydrogen-bond donors (Lipinski definition) is 1. The Bertz CT molecular complexity index is 564. The number of rotatable bonds is 4. The van der Waals surface area contributed by atoms with Gasteiger partial charge in [-0.25, -0.2) is 4.39 Å². The van der Waals surface area contributed by atoms with Gasteiger partial charge in [0.2, 0.25) is 5.91 Å². The average Bonchev–Trinajstić information content (AvgIpc) is 2.43. The Labute approximate surface area is 127 Å². The van der Waals surface area contributed by atoms with Crippen molar-refractivity contribution in [3.05, 3.63) is 34.6 Å². The maximum atomic E-state index is 14.1. The lowest BCUT2D eigenvalue weighted by atomic mass is 9.84. The fraction of sp³-hybridized carbons (Fsp3) is 0.467. The van der Waals surface area contributed by atoms with Gasteiger partial charge in [-0.2, -0.15) is 0 Å². The van der Waals surface area contributed by atoms with Gasteiger partial charge < -0.3 is 10.0 Å². The third kappa shape index (κ3) is 3.18. The van der Waals surface area contributed by atoms with Crippen LogP contribution in [0.5, 0.6) is 0 Å². The lowest BCUT2D eigenvalue weighted by molar-refractivity contribution is -0.152. The Morgan fingerprint density at radius 3 is 2.86 bits per heavy atom. The molecule has 2 unspecified atom stereocenters. The molecule has 1 aromatic carbocycles. The van der Waals surface area contributed by atoms with Crippen LogP contribution in [0.25, 0.3) is 0 Å². The molecular formula is C15H17ClFNO3. The largest absolute Gasteiger partial charge is 0.481 e. The van der Waals surface area contributed by atoms with Crippen molar-refractivity contribution in [1.29, 1.82) is 0 Å². The van der Waals surface area contributed by atoms with Crippen LogP contribution in [0.2, 0.25) is 5.02 Å². The number of halogens is 2. The van der Waals surface area contributed by atoms with Crippen LogP contribution in [0, 0.1) is 11.7 Å². The lowest BCUT2D eigenvalue weighted by Gasteiger charge is -2.39. The molecule has 1 heterocycles. The first-order valence-corrected chi connectivity index (χ1v) is 7.30. The van der Waals surface area contributed by atoms with Gasteiger partial charge in [-0.3, -0.25) is 9.59 Å². The molecule has 2 rings (SSSR count). The molecule has 1 amide bonds. The zero-order valence-electron chi connectivity index (χ0n) is 11.7. The first-order valence-electron chi connectivity index (χ1n) is 6.93. The highest BCUT2D eigenvalue weighted by molar-refractivity contribution is 6.30. The van der Waals surface area contributed by atoms with Crippen LogP contribution in [0.15, 0.2) is 18.2 Å². The fourth-order valence-electron chi connectivity index (χ4n) is 2.84. The van der Waals surface area contributed by atoms with Gasteiger partial charge in [0, 0.05) is 23.6 Å². The van der Waals surface area contributed by atoms with Gasteiger partial charge in [-0.15, -0.1) is 0 Å². The number of piperidine rings is 1. The molecule has 4 nitrogen and oxygen atoms in total. The fourth-order valence-corrected chi connectivity index (χ4v) is 3.02. The van der Waals surface area contributed by atoms with E-state index in [2.05, 4.69) is 0 Å². The highest BCUT2D eigenvalue weighted by atomic mass is 35.5. The number of aliphatic carboxylic acids is 1. The zero-order valence-corrected chi connectivity index (χ0v) is 12.4. The quantitative estimate of drug-likeness (QED) is 0.928. The highest BCUT2D eigenvalue weighted by Crippen LogP contribution is 2.38. The van der Waals surface area contributed by atoms with Gasteiger partial charge >= 0.3 is 5.97 Å². The van der Waals surface area contributed by atoms with E-state index in [0.717, 1.165) is 0 Å². The van der Waals surface area contributed by atoms with Crippen LogP contribution in [0.4, 0.5) is 4.39 Å². The molecule has 0 aliphatic carbocycles. The van der Waals surface area contributed by atoms with Crippen molar-refractivity contribution in [3.63, 3.8) is 0 Å². The lowest BCUT2D eigenvalue weighted by Crippen LogP contribution is -2.46. The van der Waals surface area contributed by atoms with Crippen LogP contribution in [-0.2, 0) is 9.59 Å².